The maximum absolute atomic E-state index is 14.4. The summed E-state index contributed by atoms with van der Waals surface area (Å²) in [7, 11) is 2.98. The van der Waals surface area contributed by atoms with Crippen LogP contribution in [0, 0.1) is 6.92 Å². The predicted molar refractivity (Wildman–Crippen MR) is 95.9 cm³/mol. The summed E-state index contributed by atoms with van der Waals surface area (Å²) in [5.41, 5.74) is -1.24. The lowest BCUT2D eigenvalue weighted by atomic mass is 9.94. The highest BCUT2D eigenvalue weighted by Gasteiger charge is 2.77. The molecule has 0 bridgehead atoms. The van der Waals surface area contributed by atoms with E-state index in [9.17, 15) is 40.2 Å². The van der Waals surface area contributed by atoms with E-state index in [2.05, 4.69) is 10.1 Å². The van der Waals surface area contributed by atoms with Gasteiger partial charge in [-0.1, -0.05) is 18.2 Å². The molecule has 2 rings (SSSR count). The van der Waals surface area contributed by atoms with Crippen molar-refractivity contribution < 1.29 is 40.2 Å². The maximum Gasteiger partial charge on any atom is 0.380 e. The Hall–Kier alpha value is -2.70. The predicted octanol–water partition coefficient (Wildman–Crippen LogP) is 4.61. The molecule has 1 heterocycles. The summed E-state index contributed by atoms with van der Waals surface area (Å²) < 4.78 is 109. The number of aromatic nitrogens is 2. The van der Waals surface area contributed by atoms with Crippen LogP contribution in [0.4, 0.5) is 40.9 Å². The number of alkyl halides is 8. The Morgan fingerprint density at radius 1 is 1.03 bits per heavy atom. The molecule has 2 aromatic rings. The molecule has 0 aliphatic rings. The highest BCUT2D eigenvalue weighted by Crippen LogP contribution is 2.54. The normalized spacial score (nSPS) is 14.5. The molecule has 0 aliphatic heterocycles. The van der Waals surface area contributed by atoms with E-state index in [0.717, 1.165) is 17.9 Å². The number of halogens is 8. The van der Waals surface area contributed by atoms with Crippen LogP contribution in [0.2, 0.25) is 0 Å². The summed E-state index contributed by atoms with van der Waals surface area (Å²) >= 11 is 0. The van der Waals surface area contributed by atoms with Gasteiger partial charge in [0.05, 0.1) is 23.3 Å². The van der Waals surface area contributed by atoms with Gasteiger partial charge in [0.1, 0.15) is 0 Å². The fraction of sp³-hybridized carbons (Fsp3) is 0.444. The second-order valence-electron chi connectivity index (χ2n) is 6.80. The molecular weight excluding hydrogens is 440 g/mol. The molecule has 1 unspecified atom stereocenters. The minimum Gasteiger partial charge on any atom is -0.382 e. The van der Waals surface area contributed by atoms with Gasteiger partial charge < -0.3 is 10.0 Å². The van der Waals surface area contributed by atoms with Crippen molar-refractivity contribution in [1.82, 2.24) is 14.7 Å². The Morgan fingerprint density at radius 3 is 2.06 bits per heavy atom. The highest BCUT2D eigenvalue weighted by molar-refractivity contribution is 5.63. The third kappa shape index (κ3) is 4.23. The van der Waals surface area contributed by atoms with E-state index in [1.165, 1.54) is 43.3 Å². The van der Waals surface area contributed by atoms with Crippen LogP contribution in [0.25, 0.3) is 5.69 Å². The number of hydrogen-bond acceptors (Lipinski definition) is 3. The van der Waals surface area contributed by atoms with E-state index < -0.39 is 47.4 Å². The number of aliphatic imine (C=N–C) groups is 1. The first-order valence-corrected chi connectivity index (χ1v) is 8.61. The molecule has 13 heteroatoms. The lowest BCUT2D eigenvalue weighted by Crippen LogP contribution is -2.59. The topological polar surface area (TPSA) is 53.7 Å². The molecule has 1 aromatic heterocycles. The van der Waals surface area contributed by atoms with Gasteiger partial charge in [-0.3, -0.25) is 0 Å². The first-order valence-electron chi connectivity index (χ1n) is 8.61. The fourth-order valence-corrected chi connectivity index (χ4v) is 2.60. The molecule has 172 valence electrons. The minimum atomic E-state index is -6.59. The van der Waals surface area contributed by atoms with Gasteiger partial charge >= 0.3 is 24.2 Å². The summed E-state index contributed by atoms with van der Waals surface area (Å²) in [6.45, 7) is 1.05. The molecule has 1 N–H and O–H groups in total. The van der Waals surface area contributed by atoms with Crippen molar-refractivity contribution in [3.05, 3.63) is 41.6 Å². The number of aliphatic hydroxyl groups excluding tert-OH is 1. The highest BCUT2D eigenvalue weighted by atomic mass is 19.4. The van der Waals surface area contributed by atoms with Gasteiger partial charge in [-0.2, -0.15) is 31.4 Å². The molecule has 5 nitrogen and oxygen atoms in total. The third-order valence-electron chi connectivity index (χ3n) is 4.22. The zero-order chi connectivity index (χ0) is 23.8. The molecule has 1 atom stereocenters. The Balaban J connectivity index is 2.70. The van der Waals surface area contributed by atoms with Gasteiger partial charge in [0.15, 0.2) is 11.9 Å². The maximum atomic E-state index is 14.4. The molecule has 0 amide bonds. The van der Waals surface area contributed by atoms with Gasteiger partial charge in [-0.05, 0) is 19.1 Å². The van der Waals surface area contributed by atoms with Gasteiger partial charge in [-0.15, -0.1) is 0 Å². The number of para-hydroxylation sites is 1. The number of aliphatic hydroxyl groups is 1. The van der Waals surface area contributed by atoms with Crippen LogP contribution in [-0.4, -0.2) is 64.4 Å². The van der Waals surface area contributed by atoms with E-state index in [4.69, 9.17) is 0 Å². The molecule has 0 saturated carbocycles. The van der Waals surface area contributed by atoms with Crippen LogP contribution >= 0.6 is 0 Å². The first kappa shape index (κ1) is 24.6. The van der Waals surface area contributed by atoms with Crippen LogP contribution in [0.1, 0.15) is 17.4 Å². The first-order chi connectivity index (χ1) is 14.2. The van der Waals surface area contributed by atoms with Crippen LogP contribution in [0.3, 0.4) is 0 Å². The molecule has 0 aliphatic carbocycles. The lowest BCUT2D eigenvalue weighted by molar-refractivity contribution is -0.357. The lowest BCUT2D eigenvalue weighted by Gasteiger charge is -2.34. The quantitative estimate of drug-likeness (QED) is 0.357. The second kappa shape index (κ2) is 8.44. The number of hydrogen-bond donors (Lipinski definition) is 1. The fourth-order valence-electron chi connectivity index (χ4n) is 2.60. The molecule has 0 fully saturated rings. The van der Waals surface area contributed by atoms with E-state index in [-0.39, 0.29) is 5.69 Å². The molecule has 0 saturated heterocycles. The van der Waals surface area contributed by atoms with Crippen LogP contribution in [0.15, 0.2) is 35.3 Å². The number of nitrogens with zero attached hydrogens (tertiary/aromatic N) is 4. The zero-order valence-electron chi connectivity index (χ0n) is 16.4. The van der Waals surface area contributed by atoms with E-state index in [1.54, 1.807) is 6.07 Å². The Morgan fingerprint density at radius 2 is 1.58 bits per heavy atom. The number of rotatable bonds is 8. The van der Waals surface area contributed by atoms with Crippen LogP contribution in [-0.2, 0) is 0 Å². The average Bonchev–Trinajstić information content (AvgIpc) is 3.01. The summed E-state index contributed by atoms with van der Waals surface area (Å²) in [4.78, 5) is 5.18. The van der Waals surface area contributed by atoms with Crippen molar-refractivity contribution in [2.45, 2.75) is 37.2 Å². The molecule has 1 aromatic carbocycles. The van der Waals surface area contributed by atoms with Crippen molar-refractivity contribution in [3.8, 4) is 5.69 Å². The summed E-state index contributed by atoms with van der Waals surface area (Å²) in [6, 6.07) is 7.59. The zero-order valence-corrected chi connectivity index (χ0v) is 16.4. The summed E-state index contributed by atoms with van der Waals surface area (Å²) in [5.74, 6) is -19.6. The van der Waals surface area contributed by atoms with Gasteiger partial charge in [0.2, 0.25) is 0 Å². The molecule has 0 spiro atoms. The average molecular weight is 458 g/mol. The minimum absolute atomic E-state index is 0.225. The molecule has 31 heavy (non-hydrogen) atoms. The van der Waals surface area contributed by atoms with Crippen LogP contribution in [0.5, 0.6) is 0 Å². The smallest absolute Gasteiger partial charge is 0.380 e. The summed E-state index contributed by atoms with van der Waals surface area (Å²) in [5, 5.41) is 14.0. The van der Waals surface area contributed by atoms with Gasteiger partial charge in [0.25, 0.3) is 0 Å². The van der Waals surface area contributed by atoms with Crippen molar-refractivity contribution >= 4 is 12.2 Å². The van der Waals surface area contributed by atoms with Crippen molar-refractivity contribution in [2.75, 3.05) is 14.1 Å². The molecular formula is C18H18F8N4O. The Kier molecular flexibility index (Phi) is 6.69. The molecule has 0 radical (unpaired) electrons. The summed E-state index contributed by atoms with van der Waals surface area (Å²) in [6.07, 6.45) is -7.66. The SMILES string of the molecule is Cc1nn(-c2ccccc2)c(/N=C/N(C)C)c1C(O)C(F)(F)C(F)(F)C(F)(F)C(F)F. The van der Waals surface area contributed by atoms with E-state index >= 15 is 0 Å². The van der Waals surface area contributed by atoms with E-state index in [0.29, 0.717) is 0 Å². The van der Waals surface area contributed by atoms with Crippen molar-refractivity contribution in [1.29, 1.82) is 0 Å². The van der Waals surface area contributed by atoms with Crippen molar-refractivity contribution in [3.63, 3.8) is 0 Å². The Bertz CT molecular complexity index is 928. The largest absolute Gasteiger partial charge is 0.382 e. The van der Waals surface area contributed by atoms with Crippen molar-refractivity contribution in [2.24, 2.45) is 4.99 Å². The van der Waals surface area contributed by atoms with Gasteiger partial charge in [0, 0.05) is 14.1 Å². The Labute approximate surface area is 171 Å². The van der Waals surface area contributed by atoms with Crippen LogP contribution < -0.4 is 0 Å². The van der Waals surface area contributed by atoms with Gasteiger partial charge in [-0.25, -0.2) is 18.5 Å². The third-order valence-corrected chi connectivity index (χ3v) is 4.22. The number of aryl methyl sites for hydroxylation is 1. The monoisotopic (exact) mass is 458 g/mol. The van der Waals surface area contributed by atoms with E-state index in [1.807, 2.05) is 0 Å². The number of benzene rings is 1. The second-order valence-corrected chi connectivity index (χ2v) is 6.80. The standard InChI is InChI=1S/C18H18F8N4O/c1-10-12(13(31)16(21,22)18(25,26)17(23,24)15(19)20)14(27-9-29(2)3)30(28-10)11-7-5-4-6-8-11/h4-9,13,15,31H,1-3H3/b27-9+.